The maximum absolute atomic E-state index is 6.18. The fourth-order valence-electron chi connectivity index (χ4n) is 3.99. The Morgan fingerprint density at radius 2 is 2.16 bits per heavy atom. The second-order valence-electron chi connectivity index (χ2n) is 7.00. The normalized spacial score (nSPS) is 26.2. The molecule has 0 spiro atoms. The highest BCUT2D eigenvalue weighted by molar-refractivity contribution is 5.37. The lowest BCUT2D eigenvalue weighted by atomic mass is 10.0. The molecule has 25 heavy (non-hydrogen) atoms. The summed E-state index contributed by atoms with van der Waals surface area (Å²) in [4.78, 5) is 13.9. The van der Waals surface area contributed by atoms with E-state index in [2.05, 4.69) is 33.7 Å². The summed E-state index contributed by atoms with van der Waals surface area (Å²) in [5.74, 6) is 1.81. The molecule has 134 valence electrons. The van der Waals surface area contributed by atoms with Crippen molar-refractivity contribution in [3.63, 3.8) is 0 Å². The van der Waals surface area contributed by atoms with Crippen molar-refractivity contribution in [3.8, 4) is 0 Å². The molecule has 6 nitrogen and oxygen atoms in total. The first-order valence-electron chi connectivity index (χ1n) is 9.18. The van der Waals surface area contributed by atoms with Gasteiger partial charge in [0.2, 0.25) is 5.95 Å². The standard InChI is InChI=1S/C19H26N4O2/c1-3-14-10-20-19(21-11-14)23-13-17(18-16(23)7-5-9-25-18)22(2)12-15-6-4-8-24-15/h4,6,8,10-11,16-18H,3,5,7,9,12-13H2,1-2H3/t16-,17-,18+/m1/s1. The van der Waals surface area contributed by atoms with E-state index in [0.717, 1.165) is 50.7 Å². The zero-order valence-corrected chi connectivity index (χ0v) is 15.0. The highest BCUT2D eigenvalue weighted by atomic mass is 16.5. The van der Waals surface area contributed by atoms with Gasteiger partial charge in [0.1, 0.15) is 5.76 Å². The number of aryl methyl sites for hydroxylation is 1. The highest BCUT2D eigenvalue weighted by Crippen LogP contribution is 2.33. The van der Waals surface area contributed by atoms with E-state index in [1.807, 2.05) is 24.5 Å². The molecule has 3 atom stereocenters. The first kappa shape index (κ1) is 16.5. The van der Waals surface area contributed by atoms with E-state index in [9.17, 15) is 0 Å². The Bertz CT molecular complexity index is 673. The average Bonchev–Trinajstić information content (AvgIpc) is 3.29. The summed E-state index contributed by atoms with van der Waals surface area (Å²) in [6.07, 6.45) is 9.01. The summed E-state index contributed by atoms with van der Waals surface area (Å²) in [5, 5.41) is 0. The number of likely N-dealkylation sites (N-methyl/N-ethyl adjacent to an activating group) is 1. The SMILES string of the molecule is CCc1cnc(N2C[C@@H](N(C)Cc3ccco3)[C@H]3OCCC[C@H]32)nc1. The Labute approximate surface area is 148 Å². The molecule has 2 saturated heterocycles. The zero-order chi connectivity index (χ0) is 17.2. The summed E-state index contributed by atoms with van der Waals surface area (Å²) in [5.41, 5.74) is 1.17. The van der Waals surface area contributed by atoms with Crippen LogP contribution in [0.2, 0.25) is 0 Å². The van der Waals surface area contributed by atoms with Crippen molar-refractivity contribution >= 4 is 5.95 Å². The number of hydrogen-bond donors (Lipinski definition) is 0. The molecule has 2 aliphatic heterocycles. The number of furan rings is 1. The van der Waals surface area contributed by atoms with Gasteiger partial charge >= 0.3 is 0 Å². The van der Waals surface area contributed by atoms with Crippen LogP contribution in [0.25, 0.3) is 0 Å². The minimum atomic E-state index is 0.197. The van der Waals surface area contributed by atoms with Gasteiger partial charge < -0.3 is 14.1 Å². The topological polar surface area (TPSA) is 54.6 Å². The first-order valence-corrected chi connectivity index (χ1v) is 9.18. The fraction of sp³-hybridized carbons (Fsp3) is 0.579. The first-order chi connectivity index (χ1) is 12.3. The number of aromatic nitrogens is 2. The second kappa shape index (κ2) is 7.14. The maximum Gasteiger partial charge on any atom is 0.225 e. The van der Waals surface area contributed by atoms with E-state index in [1.165, 1.54) is 5.56 Å². The lowest BCUT2D eigenvalue weighted by molar-refractivity contribution is -0.0256. The average molecular weight is 342 g/mol. The summed E-state index contributed by atoms with van der Waals surface area (Å²) in [6, 6.07) is 4.62. The molecule has 2 aromatic heterocycles. The van der Waals surface area contributed by atoms with Crippen LogP contribution in [0, 0.1) is 0 Å². The Morgan fingerprint density at radius 1 is 1.32 bits per heavy atom. The summed E-state index contributed by atoms with van der Waals surface area (Å²) < 4.78 is 11.7. The molecule has 0 amide bonds. The number of fused-ring (bicyclic) bond motifs is 1. The van der Waals surface area contributed by atoms with Crippen molar-refractivity contribution in [3.05, 3.63) is 42.1 Å². The van der Waals surface area contributed by atoms with Crippen LogP contribution in [0.5, 0.6) is 0 Å². The molecular formula is C19H26N4O2. The van der Waals surface area contributed by atoms with Gasteiger partial charge in [-0.15, -0.1) is 0 Å². The van der Waals surface area contributed by atoms with Crippen LogP contribution in [0.3, 0.4) is 0 Å². The molecule has 0 aliphatic carbocycles. The maximum atomic E-state index is 6.18. The van der Waals surface area contributed by atoms with Gasteiger partial charge in [0.25, 0.3) is 0 Å². The van der Waals surface area contributed by atoms with E-state index in [-0.39, 0.29) is 6.10 Å². The van der Waals surface area contributed by atoms with Crippen molar-refractivity contribution < 1.29 is 9.15 Å². The van der Waals surface area contributed by atoms with E-state index in [0.29, 0.717) is 12.1 Å². The molecule has 4 rings (SSSR count). The van der Waals surface area contributed by atoms with Gasteiger partial charge in [0.05, 0.1) is 31.0 Å². The van der Waals surface area contributed by atoms with E-state index < -0.39 is 0 Å². The second-order valence-corrected chi connectivity index (χ2v) is 7.00. The van der Waals surface area contributed by atoms with Crippen LogP contribution in [0.4, 0.5) is 5.95 Å². The van der Waals surface area contributed by atoms with Gasteiger partial charge in [-0.3, -0.25) is 4.90 Å². The van der Waals surface area contributed by atoms with Gasteiger partial charge in [0.15, 0.2) is 0 Å². The number of nitrogens with zero attached hydrogens (tertiary/aromatic N) is 4. The van der Waals surface area contributed by atoms with Crippen molar-refractivity contribution in [1.82, 2.24) is 14.9 Å². The third kappa shape index (κ3) is 3.28. The molecule has 2 aliphatic rings. The predicted octanol–water partition coefficient (Wildman–Crippen LogP) is 2.50. The van der Waals surface area contributed by atoms with Crippen LogP contribution < -0.4 is 4.90 Å². The molecule has 6 heteroatoms. The molecule has 0 saturated carbocycles. The summed E-state index contributed by atoms with van der Waals surface area (Å²) in [7, 11) is 2.15. The van der Waals surface area contributed by atoms with Gasteiger partial charge in [-0.05, 0) is 44.0 Å². The molecule has 2 fully saturated rings. The Kier molecular flexibility index (Phi) is 4.72. The van der Waals surface area contributed by atoms with Gasteiger partial charge in [-0.2, -0.15) is 0 Å². The smallest absolute Gasteiger partial charge is 0.225 e. The molecule has 0 bridgehead atoms. The Morgan fingerprint density at radius 3 is 2.88 bits per heavy atom. The van der Waals surface area contributed by atoms with Gasteiger partial charge in [-0.25, -0.2) is 9.97 Å². The largest absolute Gasteiger partial charge is 0.468 e. The van der Waals surface area contributed by atoms with Crippen LogP contribution in [0.15, 0.2) is 35.2 Å². The molecule has 4 heterocycles. The number of hydrogen-bond acceptors (Lipinski definition) is 6. The Hall–Kier alpha value is -1.92. The molecule has 0 aromatic carbocycles. The molecule has 0 N–H and O–H groups in total. The van der Waals surface area contributed by atoms with Crippen LogP contribution in [-0.4, -0.2) is 53.3 Å². The molecule has 2 aromatic rings. The number of rotatable bonds is 5. The van der Waals surface area contributed by atoms with Gasteiger partial charge in [-0.1, -0.05) is 6.92 Å². The van der Waals surface area contributed by atoms with Crippen LogP contribution in [0.1, 0.15) is 31.1 Å². The molecule has 0 radical (unpaired) electrons. The Balaban J connectivity index is 1.54. The van der Waals surface area contributed by atoms with Crippen LogP contribution in [-0.2, 0) is 17.7 Å². The van der Waals surface area contributed by atoms with Crippen molar-refractivity contribution in [2.75, 3.05) is 25.1 Å². The minimum Gasteiger partial charge on any atom is -0.468 e. The van der Waals surface area contributed by atoms with E-state index >= 15 is 0 Å². The monoisotopic (exact) mass is 342 g/mol. The highest BCUT2D eigenvalue weighted by Gasteiger charge is 2.46. The lowest BCUT2D eigenvalue weighted by Crippen LogP contribution is -2.46. The lowest BCUT2D eigenvalue weighted by Gasteiger charge is -2.34. The zero-order valence-electron chi connectivity index (χ0n) is 15.0. The third-order valence-corrected chi connectivity index (χ3v) is 5.41. The predicted molar refractivity (Wildman–Crippen MR) is 95.5 cm³/mol. The van der Waals surface area contributed by atoms with Crippen molar-refractivity contribution in [2.45, 2.75) is 50.9 Å². The summed E-state index contributed by atoms with van der Waals surface area (Å²) in [6.45, 7) is 4.64. The quantitative estimate of drug-likeness (QED) is 0.832. The number of ether oxygens (including phenoxy) is 1. The molecule has 0 unspecified atom stereocenters. The number of anilines is 1. The van der Waals surface area contributed by atoms with E-state index in [4.69, 9.17) is 9.15 Å². The van der Waals surface area contributed by atoms with E-state index in [1.54, 1.807) is 6.26 Å². The molecular weight excluding hydrogens is 316 g/mol. The van der Waals surface area contributed by atoms with Crippen LogP contribution >= 0.6 is 0 Å². The van der Waals surface area contributed by atoms with Crippen molar-refractivity contribution in [2.24, 2.45) is 0 Å². The summed E-state index contributed by atoms with van der Waals surface area (Å²) >= 11 is 0. The van der Waals surface area contributed by atoms with Crippen molar-refractivity contribution in [1.29, 1.82) is 0 Å². The third-order valence-electron chi connectivity index (χ3n) is 5.41. The minimum absolute atomic E-state index is 0.197. The van der Waals surface area contributed by atoms with Gasteiger partial charge in [0, 0.05) is 25.5 Å². The fourth-order valence-corrected chi connectivity index (χ4v) is 3.99.